The average molecular weight is 156 g/mol. The SMILES string of the molecule is CNCCN(N)c1ccno1. The predicted octanol–water partition coefficient (Wildman–Crippen LogP) is -0.426. The van der Waals surface area contributed by atoms with Crippen molar-refractivity contribution in [1.29, 1.82) is 0 Å². The number of anilines is 1. The Morgan fingerprint density at radius 1 is 1.82 bits per heavy atom. The zero-order valence-electron chi connectivity index (χ0n) is 6.45. The van der Waals surface area contributed by atoms with Crippen molar-refractivity contribution in [1.82, 2.24) is 10.5 Å². The van der Waals surface area contributed by atoms with Gasteiger partial charge in [-0.15, -0.1) is 0 Å². The zero-order valence-corrected chi connectivity index (χ0v) is 6.45. The van der Waals surface area contributed by atoms with Gasteiger partial charge in [0.25, 0.3) is 0 Å². The lowest BCUT2D eigenvalue weighted by atomic mass is 10.5. The maximum Gasteiger partial charge on any atom is 0.241 e. The Hall–Kier alpha value is -1.07. The Balaban J connectivity index is 2.36. The van der Waals surface area contributed by atoms with Gasteiger partial charge in [-0.1, -0.05) is 5.16 Å². The van der Waals surface area contributed by atoms with Crippen LogP contribution in [-0.2, 0) is 0 Å². The number of rotatable bonds is 4. The summed E-state index contributed by atoms with van der Waals surface area (Å²) in [6, 6.07) is 1.72. The van der Waals surface area contributed by atoms with Crippen LogP contribution in [0.25, 0.3) is 0 Å². The maximum atomic E-state index is 5.59. The second-order valence-corrected chi connectivity index (χ2v) is 2.15. The molecule has 1 aromatic rings. The summed E-state index contributed by atoms with van der Waals surface area (Å²) in [5.41, 5.74) is 0. The van der Waals surface area contributed by atoms with E-state index in [1.54, 1.807) is 12.3 Å². The highest BCUT2D eigenvalue weighted by Gasteiger charge is 2.02. The Labute approximate surface area is 65.1 Å². The van der Waals surface area contributed by atoms with E-state index in [-0.39, 0.29) is 0 Å². The highest BCUT2D eigenvalue weighted by atomic mass is 16.5. The van der Waals surface area contributed by atoms with Crippen LogP contribution in [0.5, 0.6) is 0 Å². The summed E-state index contributed by atoms with van der Waals surface area (Å²) in [7, 11) is 1.87. The third-order valence-electron chi connectivity index (χ3n) is 1.31. The number of aromatic nitrogens is 1. The molecule has 1 rings (SSSR count). The topological polar surface area (TPSA) is 67.3 Å². The number of nitrogens with two attached hydrogens (primary N) is 1. The van der Waals surface area contributed by atoms with Gasteiger partial charge in [0.15, 0.2) is 0 Å². The Morgan fingerprint density at radius 3 is 3.18 bits per heavy atom. The van der Waals surface area contributed by atoms with Crippen molar-refractivity contribution in [2.75, 3.05) is 25.1 Å². The molecule has 0 aliphatic rings. The fraction of sp³-hybridized carbons (Fsp3) is 0.500. The van der Waals surface area contributed by atoms with E-state index in [1.165, 1.54) is 5.01 Å². The molecule has 11 heavy (non-hydrogen) atoms. The molecule has 0 aliphatic carbocycles. The van der Waals surface area contributed by atoms with E-state index in [0.717, 1.165) is 6.54 Å². The van der Waals surface area contributed by atoms with Crippen molar-refractivity contribution >= 4 is 5.88 Å². The molecule has 0 radical (unpaired) electrons. The normalized spacial score (nSPS) is 10.0. The summed E-state index contributed by atoms with van der Waals surface area (Å²) in [6.07, 6.45) is 1.56. The maximum absolute atomic E-state index is 5.59. The lowest BCUT2D eigenvalue weighted by Gasteiger charge is -2.12. The van der Waals surface area contributed by atoms with Gasteiger partial charge >= 0.3 is 0 Å². The molecule has 0 aromatic carbocycles. The van der Waals surface area contributed by atoms with E-state index in [1.807, 2.05) is 7.05 Å². The molecule has 5 nitrogen and oxygen atoms in total. The first-order valence-corrected chi connectivity index (χ1v) is 3.42. The minimum absolute atomic E-state index is 0.584. The summed E-state index contributed by atoms with van der Waals surface area (Å²) in [5, 5.41) is 8.01. The van der Waals surface area contributed by atoms with E-state index < -0.39 is 0 Å². The molecule has 3 N–H and O–H groups in total. The molecule has 62 valence electrons. The van der Waals surface area contributed by atoms with E-state index in [0.29, 0.717) is 12.4 Å². The van der Waals surface area contributed by atoms with Crippen LogP contribution in [0.3, 0.4) is 0 Å². The third kappa shape index (κ3) is 2.21. The van der Waals surface area contributed by atoms with Crippen molar-refractivity contribution in [3.8, 4) is 0 Å². The Bertz CT molecular complexity index is 186. The third-order valence-corrected chi connectivity index (χ3v) is 1.31. The van der Waals surface area contributed by atoms with E-state index in [4.69, 9.17) is 10.4 Å². The van der Waals surface area contributed by atoms with Gasteiger partial charge in [0.2, 0.25) is 5.88 Å². The predicted molar refractivity (Wildman–Crippen MR) is 42.0 cm³/mol. The molecule has 0 saturated carbocycles. The molecule has 0 atom stereocenters. The van der Waals surface area contributed by atoms with Crippen LogP contribution in [0, 0.1) is 0 Å². The molecule has 1 heterocycles. The summed E-state index contributed by atoms with van der Waals surface area (Å²) < 4.78 is 4.82. The van der Waals surface area contributed by atoms with Gasteiger partial charge < -0.3 is 9.84 Å². The number of likely N-dealkylation sites (N-methyl/N-ethyl adjacent to an activating group) is 1. The van der Waals surface area contributed by atoms with E-state index in [9.17, 15) is 0 Å². The van der Waals surface area contributed by atoms with Crippen molar-refractivity contribution in [3.63, 3.8) is 0 Å². The standard InChI is InChI=1S/C6H12N4O/c1-8-4-5-10(7)6-2-3-9-11-6/h2-3,8H,4-5,7H2,1H3. The summed E-state index contributed by atoms with van der Waals surface area (Å²) in [6.45, 7) is 1.52. The van der Waals surface area contributed by atoms with Gasteiger partial charge in [-0.05, 0) is 7.05 Å². The number of hydrogen-bond donors (Lipinski definition) is 2. The Morgan fingerprint density at radius 2 is 2.64 bits per heavy atom. The molecule has 5 heteroatoms. The Kier molecular flexibility index (Phi) is 2.88. The highest BCUT2D eigenvalue weighted by molar-refractivity contribution is 5.29. The smallest absolute Gasteiger partial charge is 0.241 e. The fourth-order valence-corrected chi connectivity index (χ4v) is 0.700. The molecule has 0 saturated heterocycles. The highest BCUT2D eigenvalue weighted by Crippen LogP contribution is 2.06. The molecule has 0 aliphatic heterocycles. The van der Waals surface area contributed by atoms with Crippen molar-refractivity contribution in [2.24, 2.45) is 5.84 Å². The fourth-order valence-electron chi connectivity index (χ4n) is 0.700. The van der Waals surface area contributed by atoms with Crippen molar-refractivity contribution in [2.45, 2.75) is 0 Å². The van der Waals surface area contributed by atoms with E-state index in [2.05, 4.69) is 10.5 Å². The molecular formula is C6H12N4O. The molecular weight excluding hydrogens is 144 g/mol. The van der Waals surface area contributed by atoms with Gasteiger partial charge in [0.05, 0.1) is 6.20 Å². The van der Waals surface area contributed by atoms with Gasteiger partial charge in [-0.3, -0.25) is 5.01 Å². The monoisotopic (exact) mass is 156 g/mol. The molecule has 0 spiro atoms. The molecule has 1 aromatic heterocycles. The minimum Gasteiger partial charge on any atom is -0.337 e. The lowest BCUT2D eigenvalue weighted by molar-refractivity contribution is 0.415. The largest absolute Gasteiger partial charge is 0.337 e. The number of nitrogens with zero attached hydrogens (tertiary/aromatic N) is 2. The summed E-state index contributed by atoms with van der Waals surface area (Å²) in [5.74, 6) is 6.17. The van der Waals surface area contributed by atoms with Crippen molar-refractivity contribution in [3.05, 3.63) is 12.3 Å². The molecule has 0 amide bonds. The average Bonchev–Trinajstić information content (AvgIpc) is 2.52. The zero-order chi connectivity index (χ0) is 8.10. The van der Waals surface area contributed by atoms with Crippen LogP contribution < -0.4 is 16.2 Å². The van der Waals surface area contributed by atoms with E-state index >= 15 is 0 Å². The second-order valence-electron chi connectivity index (χ2n) is 2.15. The first kappa shape index (κ1) is 8.03. The lowest BCUT2D eigenvalue weighted by Crippen LogP contribution is -2.36. The first-order chi connectivity index (χ1) is 5.34. The number of nitrogens with one attached hydrogen (secondary N) is 1. The second kappa shape index (κ2) is 3.95. The van der Waals surface area contributed by atoms with Crippen LogP contribution in [-0.4, -0.2) is 25.3 Å². The van der Waals surface area contributed by atoms with Gasteiger partial charge in [-0.25, -0.2) is 5.84 Å². The number of hydrazine groups is 1. The van der Waals surface area contributed by atoms with Crippen LogP contribution in [0.15, 0.2) is 16.8 Å². The van der Waals surface area contributed by atoms with Gasteiger partial charge in [-0.2, -0.15) is 0 Å². The molecule has 0 fully saturated rings. The minimum atomic E-state index is 0.584. The van der Waals surface area contributed by atoms with Crippen LogP contribution >= 0.6 is 0 Å². The van der Waals surface area contributed by atoms with Crippen LogP contribution in [0.2, 0.25) is 0 Å². The van der Waals surface area contributed by atoms with Crippen LogP contribution in [0.4, 0.5) is 5.88 Å². The summed E-state index contributed by atoms with van der Waals surface area (Å²) >= 11 is 0. The van der Waals surface area contributed by atoms with Gasteiger partial charge in [0, 0.05) is 19.2 Å². The van der Waals surface area contributed by atoms with Crippen LogP contribution in [0.1, 0.15) is 0 Å². The van der Waals surface area contributed by atoms with Gasteiger partial charge in [0.1, 0.15) is 0 Å². The first-order valence-electron chi connectivity index (χ1n) is 3.42. The number of hydrogen-bond acceptors (Lipinski definition) is 5. The molecule has 0 unspecified atom stereocenters. The quantitative estimate of drug-likeness (QED) is 0.457. The van der Waals surface area contributed by atoms with Crippen molar-refractivity contribution < 1.29 is 4.52 Å². The molecule has 0 bridgehead atoms. The summed E-state index contributed by atoms with van der Waals surface area (Å²) in [4.78, 5) is 0.